The van der Waals surface area contributed by atoms with Gasteiger partial charge < -0.3 is 24.4 Å². The maximum atomic E-state index is 13.5. The fourth-order valence-electron chi connectivity index (χ4n) is 5.31. The van der Waals surface area contributed by atoms with Crippen LogP contribution in [0.3, 0.4) is 0 Å². The third kappa shape index (κ3) is 3.69. The van der Waals surface area contributed by atoms with Gasteiger partial charge in [-0.25, -0.2) is 0 Å². The molecule has 1 aromatic carbocycles. The van der Waals surface area contributed by atoms with E-state index in [2.05, 4.69) is 15.2 Å². The van der Waals surface area contributed by atoms with Crippen molar-refractivity contribution in [1.82, 2.24) is 9.97 Å². The van der Waals surface area contributed by atoms with Crippen LogP contribution in [0, 0.1) is 0 Å². The van der Waals surface area contributed by atoms with Crippen molar-refractivity contribution in [3.63, 3.8) is 0 Å². The molecule has 1 atom stereocenters. The number of nitrogens with zero attached hydrogens (tertiary/aromatic N) is 2. The number of nitrogens with one attached hydrogen (secondary N) is 2. The number of rotatable bonds is 5. The van der Waals surface area contributed by atoms with Gasteiger partial charge in [-0.15, -0.1) is 0 Å². The van der Waals surface area contributed by atoms with E-state index in [1.54, 1.807) is 21.3 Å². The van der Waals surface area contributed by atoms with Crippen molar-refractivity contribution in [3.8, 4) is 17.2 Å². The number of fused-ring (bicyclic) bond motifs is 1. The topological polar surface area (TPSA) is 106 Å². The Morgan fingerprint density at radius 2 is 1.65 bits per heavy atom. The number of H-pyrrole nitrogens is 1. The summed E-state index contributed by atoms with van der Waals surface area (Å²) in [6.45, 7) is 1.73. The molecular weight excluding hydrogens is 436 g/mol. The van der Waals surface area contributed by atoms with E-state index >= 15 is 0 Å². The van der Waals surface area contributed by atoms with Crippen molar-refractivity contribution in [1.29, 1.82) is 0 Å². The van der Waals surface area contributed by atoms with Crippen molar-refractivity contribution < 1.29 is 19.0 Å². The van der Waals surface area contributed by atoms with Crippen LogP contribution in [0.5, 0.6) is 17.2 Å². The van der Waals surface area contributed by atoms with Crippen molar-refractivity contribution in [2.45, 2.75) is 44.4 Å². The predicted molar refractivity (Wildman–Crippen MR) is 128 cm³/mol. The zero-order valence-electron chi connectivity index (χ0n) is 19.8. The number of Topliss-reactive ketones (excluding diaryl/α,β-unsaturated/α-hetero) is 1. The molecule has 0 unspecified atom stereocenters. The van der Waals surface area contributed by atoms with Crippen LogP contribution in [0.1, 0.15) is 55.6 Å². The number of carbonyl (C=O) groups excluding carboxylic acids is 1. The van der Waals surface area contributed by atoms with Crippen LogP contribution < -0.4 is 30.0 Å². The predicted octanol–water partition coefficient (Wildman–Crippen LogP) is 3.35. The zero-order chi connectivity index (χ0) is 23.8. The van der Waals surface area contributed by atoms with E-state index in [0.717, 1.165) is 50.0 Å². The number of benzene rings is 1. The van der Waals surface area contributed by atoms with Crippen LogP contribution in [0.2, 0.25) is 0 Å². The molecule has 0 spiro atoms. The van der Waals surface area contributed by atoms with E-state index in [-0.39, 0.29) is 11.3 Å². The molecule has 2 aromatic rings. The van der Waals surface area contributed by atoms with Crippen molar-refractivity contribution in [2.24, 2.45) is 0 Å². The highest BCUT2D eigenvalue weighted by molar-refractivity contribution is 6.01. The molecule has 0 bridgehead atoms. The first kappa shape index (κ1) is 22.3. The molecule has 3 heterocycles. The van der Waals surface area contributed by atoms with Crippen molar-refractivity contribution in [3.05, 3.63) is 44.9 Å². The summed E-state index contributed by atoms with van der Waals surface area (Å²) < 4.78 is 16.6. The number of hydrogen-bond donors (Lipinski definition) is 2. The van der Waals surface area contributed by atoms with Crippen molar-refractivity contribution >= 4 is 17.5 Å². The smallest absolute Gasteiger partial charge is 0.258 e. The van der Waals surface area contributed by atoms with E-state index in [4.69, 9.17) is 19.2 Å². The number of hydrogen-bond acceptors (Lipinski definition) is 8. The first-order chi connectivity index (χ1) is 16.5. The molecule has 1 saturated heterocycles. The zero-order valence-corrected chi connectivity index (χ0v) is 19.8. The molecule has 5 rings (SSSR count). The normalized spacial score (nSPS) is 19.8. The molecule has 1 aromatic heterocycles. The fraction of sp³-hybridized carbons (Fsp3) is 0.480. The Kier molecular flexibility index (Phi) is 5.93. The highest BCUT2D eigenvalue weighted by Gasteiger charge is 2.39. The number of carbonyl (C=O) groups is 1. The Bertz CT molecular complexity index is 1190. The number of allylic oxidation sites excluding steroid dienone is 2. The minimum atomic E-state index is -0.584. The molecule has 9 heteroatoms. The van der Waals surface area contributed by atoms with Gasteiger partial charge in [0.05, 0.1) is 26.9 Å². The summed E-state index contributed by atoms with van der Waals surface area (Å²) in [5, 5.41) is 3.34. The lowest BCUT2D eigenvalue weighted by atomic mass is 9.76. The van der Waals surface area contributed by atoms with Gasteiger partial charge in [-0.3, -0.25) is 14.6 Å². The lowest BCUT2D eigenvalue weighted by Crippen LogP contribution is -2.36. The Balaban J connectivity index is 1.71. The van der Waals surface area contributed by atoms with E-state index in [0.29, 0.717) is 46.6 Å². The Morgan fingerprint density at radius 3 is 2.29 bits per heavy atom. The van der Waals surface area contributed by atoms with Gasteiger partial charge >= 0.3 is 0 Å². The van der Waals surface area contributed by atoms with Crippen LogP contribution in [-0.4, -0.2) is 50.2 Å². The maximum absolute atomic E-state index is 13.5. The maximum Gasteiger partial charge on any atom is 0.258 e. The Morgan fingerprint density at radius 1 is 0.941 bits per heavy atom. The van der Waals surface area contributed by atoms with Crippen LogP contribution in [-0.2, 0) is 4.79 Å². The number of ketones is 1. The van der Waals surface area contributed by atoms with E-state index in [9.17, 15) is 9.59 Å². The molecule has 2 aliphatic heterocycles. The van der Waals surface area contributed by atoms with Gasteiger partial charge in [-0.2, -0.15) is 4.98 Å². The van der Waals surface area contributed by atoms with Crippen LogP contribution in [0.4, 0.5) is 11.8 Å². The van der Waals surface area contributed by atoms with Gasteiger partial charge in [0.2, 0.25) is 11.7 Å². The number of ether oxygens (including phenoxy) is 3. The highest BCUT2D eigenvalue weighted by atomic mass is 16.5. The van der Waals surface area contributed by atoms with Gasteiger partial charge in [0.15, 0.2) is 17.3 Å². The van der Waals surface area contributed by atoms with Crippen LogP contribution in [0.25, 0.3) is 0 Å². The number of anilines is 2. The average Bonchev–Trinajstić information content (AvgIpc) is 2.87. The summed E-state index contributed by atoms with van der Waals surface area (Å²) in [6.07, 6.45) is 5.29. The molecular formula is C25H30N4O5. The third-order valence-electron chi connectivity index (χ3n) is 6.92. The molecule has 2 N–H and O–H groups in total. The summed E-state index contributed by atoms with van der Waals surface area (Å²) in [5.74, 6) is 1.94. The molecule has 0 saturated carbocycles. The summed E-state index contributed by atoms with van der Waals surface area (Å²) >= 11 is 0. The number of methoxy groups -OCH3 is 3. The van der Waals surface area contributed by atoms with Crippen LogP contribution >= 0.6 is 0 Å². The van der Waals surface area contributed by atoms with Gasteiger partial charge in [0.1, 0.15) is 5.82 Å². The average molecular weight is 467 g/mol. The number of aromatic amines is 1. The molecule has 9 nitrogen and oxygen atoms in total. The van der Waals surface area contributed by atoms with Crippen molar-refractivity contribution in [2.75, 3.05) is 44.6 Å². The molecule has 1 aliphatic carbocycles. The molecule has 0 amide bonds. The second-order valence-corrected chi connectivity index (χ2v) is 8.89. The summed E-state index contributed by atoms with van der Waals surface area (Å²) in [7, 11) is 4.64. The third-order valence-corrected chi connectivity index (χ3v) is 6.92. The standard InChI is InChI=1S/C25H30N4O5/c1-32-17-12-14(13-18(33-2)22(17)34-3)19-20-15(8-7-9-16(20)30)26-23-21(19)24(31)28-25(27-23)29-10-5-4-6-11-29/h12-13,19H,4-11H2,1-3H3,(H2,26,27,28,31)/t19-/m1/s1. The quantitative estimate of drug-likeness (QED) is 0.691. The summed E-state index contributed by atoms with van der Waals surface area (Å²) in [6, 6.07) is 3.62. The minimum Gasteiger partial charge on any atom is -0.493 e. The molecule has 1 fully saturated rings. The van der Waals surface area contributed by atoms with Gasteiger partial charge in [0.25, 0.3) is 5.56 Å². The lowest BCUT2D eigenvalue weighted by molar-refractivity contribution is -0.116. The minimum absolute atomic E-state index is 0.0395. The van der Waals surface area contributed by atoms with E-state index in [1.807, 2.05) is 12.1 Å². The highest BCUT2D eigenvalue weighted by Crippen LogP contribution is 2.47. The Labute approximate surface area is 198 Å². The second-order valence-electron chi connectivity index (χ2n) is 8.89. The lowest BCUT2D eigenvalue weighted by Gasteiger charge is -2.34. The molecule has 0 radical (unpaired) electrons. The monoisotopic (exact) mass is 466 g/mol. The van der Waals surface area contributed by atoms with Crippen LogP contribution in [0.15, 0.2) is 28.2 Å². The number of piperidine rings is 1. The number of aromatic nitrogens is 2. The molecule has 180 valence electrons. The van der Waals surface area contributed by atoms with E-state index in [1.165, 1.54) is 6.42 Å². The Hall–Kier alpha value is -3.49. The first-order valence-corrected chi connectivity index (χ1v) is 11.8. The largest absolute Gasteiger partial charge is 0.493 e. The van der Waals surface area contributed by atoms with Gasteiger partial charge in [0, 0.05) is 36.7 Å². The van der Waals surface area contributed by atoms with Gasteiger partial charge in [-0.05, 0) is 49.8 Å². The fourth-order valence-corrected chi connectivity index (χ4v) is 5.31. The molecule has 34 heavy (non-hydrogen) atoms. The first-order valence-electron chi connectivity index (χ1n) is 11.8. The van der Waals surface area contributed by atoms with E-state index < -0.39 is 5.92 Å². The summed E-state index contributed by atoms with van der Waals surface area (Å²) in [5.41, 5.74) is 2.36. The summed E-state index contributed by atoms with van der Waals surface area (Å²) in [4.78, 5) is 36.6. The second kappa shape index (κ2) is 9.04. The molecule has 3 aliphatic rings. The SMILES string of the molecule is COc1cc([C@@H]2C3=C(CCCC3=O)Nc3nc(N4CCCCC4)[nH]c(=O)c32)cc(OC)c1OC. The van der Waals surface area contributed by atoms with Gasteiger partial charge in [-0.1, -0.05) is 0 Å².